The van der Waals surface area contributed by atoms with E-state index >= 15 is 0 Å². The highest BCUT2D eigenvalue weighted by molar-refractivity contribution is 6.31. The lowest BCUT2D eigenvalue weighted by molar-refractivity contribution is -0.129. The second-order valence-corrected chi connectivity index (χ2v) is 9.70. The molecule has 204 valence electrons. The molecule has 0 aliphatic carbocycles. The highest BCUT2D eigenvalue weighted by Crippen LogP contribution is 2.33. The van der Waals surface area contributed by atoms with Gasteiger partial charge in [0.25, 0.3) is 5.91 Å². The molecule has 0 aromatic heterocycles. The van der Waals surface area contributed by atoms with Crippen molar-refractivity contribution in [3.63, 3.8) is 0 Å². The molecule has 0 fully saturated rings. The zero-order valence-electron chi connectivity index (χ0n) is 22.0. The maximum absolute atomic E-state index is 13.6. The molecule has 0 saturated carbocycles. The second kappa shape index (κ2) is 13.9. The molecule has 39 heavy (non-hydrogen) atoms. The molecule has 3 aromatic rings. The molecule has 0 spiro atoms. The minimum absolute atomic E-state index is 0.0817. The molecule has 1 amide bonds. The average Bonchev–Trinajstić information content (AvgIpc) is 3.30. The maximum atomic E-state index is 13.6. The first-order valence-corrected chi connectivity index (χ1v) is 13.5. The van der Waals surface area contributed by atoms with Crippen molar-refractivity contribution in [1.29, 1.82) is 0 Å². The van der Waals surface area contributed by atoms with Gasteiger partial charge in [-0.1, -0.05) is 72.3 Å². The molecule has 3 N–H and O–H groups in total. The predicted molar refractivity (Wildman–Crippen MR) is 155 cm³/mol. The normalized spacial score (nSPS) is 18.5. The monoisotopic (exact) mass is 547 g/mol. The number of nitrogens with zero attached hydrogens (tertiary/aromatic N) is 1. The Morgan fingerprint density at radius 3 is 2.59 bits per heavy atom. The van der Waals surface area contributed by atoms with Crippen LogP contribution in [0.2, 0.25) is 5.02 Å². The molecule has 3 aromatic carbocycles. The predicted octanol–water partition coefficient (Wildman–Crippen LogP) is 4.97. The first kappa shape index (κ1) is 28.4. The van der Waals surface area contributed by atoms with E-state index in [1.54, 1.807) is 0 Å². The number of hydrazine groups is 1. The number of nitrogens with one attached hydrogen (secondary N) is 2. The van der Waals surface area contributed by atoms with Crippen molar-refractivity contribution in [2.24, 2.45) is 4.99 Å². The van der Waals surface area contributed by atoms with E-state index in [2.05, 4.69) is 10.9 Å². The van der Waals surface area contributed by atoms with Gasteiger partial charge in [0.15, 0.2) is 5.54 Å². The summed E-state index contributed by atoms with van der Waals surface area (Å²) < 4.78 is 11.8. The molecule has 7 nitrogen and oxygen atoms in total. The first-order chi connectivity index (χ1) is 19.0. The third kappa shape index (κ3) is 7.47. The van der Waals surface area contributed by atoms with E-state index in [4.69, 9.17) is 31.2 Å². The van der Waals surface area contributed by atoms with E-state index in [1.165, 1.54) is 0 Å². The number of hydrogen-bond donors (Lipinski definition) is 3. The van der Waals surface area contributed by atoms with Crippen molar-refractivity contribution in [3.8, 4) is 5.75 Å². The van der Waals surface area contributed by atoms with Crippen LogP contribution in [-0.4, -0.2) is 48.3 Å². The maximum Gasteiger partial charge on any atom is 0.266 e. The Bertz CT molecular complexity index is 1280. The lowest BCUT2D eigenvalue weighted by Crippen LogP contribution is -2.54. The third-order valence-corrected chi connectivity index (χ3v) is 6.91. The van der Waals surface area contributed by atoms with E-state index in [9.17, 15) is 4.79 Å². The molecular weight excluding hydrogens is 514 g/mol. The lowest BCUT2D eigenvalue weighted by Gasteiger charge is -2.27. The number of amides is 1. The van der Waals surface area contributed by atoms with Crippen molar-refractivity contribution in [2.45, 2.75) is 37.8 Å². The summed E-state index contributed by atoms with van der Waals surface area (Å²) in [5, 5.41) is 9.65. The number of carbonyl (C=O) groups excluding carboxylic acids is 1. The van der Waals surface area contributed by atoms with E-state index < -0.39 is 11.6 Å². The van der Waals surface area contributed by atoms with Gasteiger partial charge in [-0.2, -0.15) is 0 Å². The molecule has 2 atom stereocenters. The average molecular weight is 548 g/mol. The summed E-state index contributed by atoms with van der Waals surface area (Å²) in [4.78, 5) is 18.5. The minimum Gasteiger partial charge on any atom is -0.494 e. The van der Waals surface area contributed by atoms with Crippen molar-refractivity contribution in [1.82, 2.24) is 10.9 Å². The van der Waals surface area contributed by atoms with Gasteiger partial charge in [-0.25, -0.2) is 10.4 Å². The van der Waals surface area contributed by atoms with Crippen molar-refractivity contribution >= 4 is 29.5 Å². The summed E-state index contributed by atoms with van der Waals surface area (Å²) in [6.07, 6.45) is 5.03. The molecule has 1 aliphatic heterocycles. The number of benzene rings is 3. The number of halogens is 1. The van der Waals surface area contributed by atoms with E-state index in [0.29, 0.717) is 49.1 Å². The standard InChI is InChI=1S/C31H34ClN3O4/c1-23-31(19-7-11-24-9-3-2-4-10-24,30(37)35-33-20-18-25-12-5-6-13-28(25)32)34-29(39-23)26-14-16-27(17-15-26)38-22-8-21-36/h2-7,9-17,23,33,36H,8,18-22H2,1H3,(H,35,37)/b11-7+/t23-,31-/m0/s1. The summed E-state index contributed by atoms with van der Waals surface area (Å²) in [7, 11) is 0. The molecule has 1 heterocycles. The number of hydrogen-bond acceptors (Lipinski definition) is 6. The van der Waals surface area contributed by atoms with Crippen LogP contribution in [0, 0.1) is 0 Å². The largest absolute Gasteiger partial charge is 0.494 e. The van der Waals surface area contributed by atoms with Gasteiger partial charge in [-0.05, 0) is 54.8 Å². The Morgan fingerprint density at radius 2 is 1.85 bits per heavy atom. The minimum atomic E-state index is -1.16. The number of aliphatic imine (C=N–C) groups is 1. The van der Waals surface area contributed by atoms with Crippen LogP contribution in [0.15, 0.2) is 89.9 Å². The van der Waals surface area contributed by atoms with Crippen LogP contribution in [0.5, 0.6) is 5.75 Å². The summed E-state index contributed by atoms with van der Waals surface area (Å²) in [6.45, 7) is 2.89. The number of aliphatic hydroxyl groups is 1. The Morgan fingerprint density at radius 1 is 1.10 bits per heavy atom. The smallest absolute Gasteiger partial charge is 0.266 e. The molecule has 0 unspecified atom stereocenters. The van der Waals surface area contributed by atoms with Crippen molar-refractivity contribution in [2.75, 3.05) is 19.8 Å². The summed E-state index contributed by atoms with van der Waals surface area (Å²) >= 11 is 6.26. The van der Waals surface area contributed by atoms with Gasteiger partial charge in [-0.3, -0.25) is 10.2 Å². The molecule has 0 saturated heterocycles. The van der Waals surface area contributed by atoms with Crippen LogP contribution >= 0.6 is 11.6 Å². The van der Waals surface area contributed by atoms with Gasteiger partial charge < -0.3 is 14.6 Å². The number of carbonyl (C=O) groups is 1. The molecule has 0 radical (unpaired) electrons. The Labute approximate surface area is 234 Å². The Kier molecular flexibility index (Phi) is 10.1. The highest BCUT2D eigenvalue weighted by atomic mass is 35.5. The topological polar surface area (TPSA) is 92.2 Å². The number of rotatable bonds is 13. The molecule has 0 bridgehead atoms. The van der Waals surface area contributed by atoms with Gasteiger partial charge >= 0.3 is 0 Å². The van der Waals surface area contributed by atoms with Crippen LogP contribution < -0.4 is 15.6 Å². The first-order valence-electron chi connectivity index (χ1n) is 13.1. The zero-order chi connectivity index (χ0) is 27.5. The molecule has 1 aliphatic rings. The fourth-order valence-electron chi connectivity index (χ4n) is 4.27. The SMILES string of the molecule is C[C@@H]1OC(c2ccc(OCCCO)cc2)=N[C@]1(C/C=C/c1ccccc1)C(=O)NNCCc1ccccc1Cl. The van der Waals surface area contributed by atoms with Crippen LogP contribution in [-0.2, 0) is 16.0 Å². The molecule has 4 rings (SSSR count). The Balaban J connectivity index is 1.49. The van der Waals surface area contributed by atoms with Crippen LogP contribution in [0.3, 0.4) is 0 Å². The zero-order valence-corrected chi connectivity index (χ0v) is 22.7. The van der Waals surface area contributed by atoms with Crippen LogP contribution in [0.25, 0.3) is 6.08 Å². The van der Waals surface area contributed by atoms with E-state index in [1.807, 2.05) is 97.9 Å². The van der Waals surface area contributed by atoms with Crippen molar-refractivity contribution < 1.29 is 19.4 Å². The third-order valence-electron chi connectivity index (χ3n) is 6.55. The van der Waals surface area contributed by atoms with Gasteiger partial charge in [0, 0.05) is 36.6 Å². The van der Waals surface area contributed by atoms with Gasteiger partial charge in [0.1, 0.15) is 11.9 Å². The fourth-order valence-corrected chi connectivity index (χ4v) is 4.50. The Hall–Kier alpha value is -3.65. The highest BCUT2D eigenvalue weighted by Gasteiger charge is 2.49. The summed E-state index contributed by atoms with van der Waals surface area (Å²) in [5.74, 6) is 0.825. The molecule has 8 heteroatoms. The van der Waals surface area contributed by atoms with Gasteiger partial charge in [0.05, 0.1) is 6.61 Å². The van der Waals surface area contributed by atoms with Crippen LogP contribution in [0.1, 0.15) is 36.5 Å². The van der Waals surface area contributed by atoms with Gasteiger partial charge in [-0.15, -0.1) is 0 Å². The summed E-state index contributed by atoms with van der Waals surface area (Å²) in [5.41, 5.74) is 7.53. The lowest BCUT2D eigenvalue weighted by atomic mass is 9.89. The number of ether oxygens (including phenoxy) is 2. The molecular formula is C31H34ClN3O4. The van der Waals surface area contributed by atoms with Crippen LogP contribution in [0.4, 0.5) is 0 Å². The van der Waals surface area contributed by atoms with E-state index in [-0.39, 0.29) is 12.5 Å². The quantitative estimate of drug-likeness (QED) is 0.207. The number of aliphatic hydroxyl groups excluding tert-OH is 1. The van der Waals surface area contributed by atoms with E-state index in [0.717, 1.165) is 16.7 Å². The second-order valence-electron chi connectivity index (χ2n) is 9.29. The van der Waals surface area contributed by atoms with Gasteiger partial charge in [0.2, 0.25) is 5.90 Å². The fraction of sp³-hybridized carbons (Fsp3) is 0.290. The summed E-state index contributed by atoms with van der Waals surface area (Å²) in [6, 6.07) is 24.9. The van der Waals surface area contributed by atoms with Crippen molar-refractivity contribution in [3.05, 3.63) is 107 Å².